The van der Waals surface area contributed by atoms with Crippen molar-refractivity contribution in [2.45, 2.75) is 38.8 Å². The lowest BCUT2D eigenvalue weighted by Gasteiger charge is -2.35. The van der Waals surface area contributed by atoms with Crippen LogP contribution in [0.4, 0.5) is 0 Å². The number of benzene rings is 1. The quantitative estimate of drug-likeness (QED) is 0.902. The van der Waals surface area contributed by atoms with Crippen LogP contribution in [0, 0.1) is 0 Å². The van der Waals surface area contributed by atoms with Gasteiger partial charge >= 0.3 is 0 Å². The van der Waals surface area contributed by atoms with Gasteiger partial charge in [-0.1, -0.05) is 37.3 Å². The maximum absolute atomic E-state index is 12.5. The van der Waals surface area contributed by atoms with Gasteiger partial charge in [0.05, 0.1) is 12.6 Å². The van der Waals surface area contributed by atoms with Crippen LogP contribution in [0.3, 0.4) is 0 Å². The van der Waals surface area contributed by atoms with Crippen molar-refractivity contribution < 1.29 is 4.79 Å². The molecule has 0 fully saturated rings. The van der Waals surface area contributed by atoms with Crippen LogP contribution in [0.5, 0.6) is 0 Å². The molecule has 1 N–H and O–H groups in total. The first kappa shape index (κ1) is 16.2. The molecule has 1 aromatic heterocycles. The summed E-state index contributed by atoms with van der Waals surface area (Å²) in [5, 5.41) is 5.30. The third-order valence-electron chi connectivity index (χ3n) is 4.62. The average molecular weight is 328 g/mol. The molecular formula is C19H24N2OS. The molecule has 0 bridgehead atoms. The fraction of sp³-hybridized carbons (Fsp3) is 0.421. The van der Waals surface area contributed by atoms with Crippen molar-refractivity contribution in [3.05, 3.63) is 57.8 Å². The molecule has 1 aromatic carbocycles. The Bertz CT molecular complexity index is 652. The monoisotopic (exact) mass is 328 g/mol. The predicted octanol–water partition coefficient (Wildman–Crippen LogP) is 3.93. The van der Waals surface area contributed by atoms with Crippen LogP contribution in [-0.2, 0) is 11.2 Å². The Morgan fingerprint density at radius 1 is 1.35 bits per heavy atom. The van der Waals surface area contributed by atoms with Crippen LogP contribution >= 0.6 is 11.3 Å². The average Bonchev–Trinajstić information content (AvgIpc) is 3.04. The molecule has 23 heavy (non-hydrogen) atoms. The maximum Gasteiger partial charge on any atom is 0.234 e. The molecule has 4 heteroatoms. The third kappa shape index (κ3) is 3.65. The lowest BCUT2D eigenvalue weighted by Crippen LogP contribution is -2.42. The lowest BCUT2D eigenvalue weighted by molar-refractivity contribution is -0.123. The van der Waals surface area contributed by atoms with Crippen molar-refractivity contribution >= 4 is 17.2 Å². The fourth-order valence-corrected chi connectivity index (χ4v) is 4.34. The van der Waals surface area contributed by atoms with E-state index in [1.54, 1.807) is 0 Å². The van der Waals surface area contributed by atoms with Crippen LogP contribution < -0.4 is 5.32 Å². The van der Waals surface area contributed by atoms with Gasteiger partial charge in [0.15, 0.2) is 0 Å². The van der Waals surface area contributed by atoms with E-state index < -0.39 is 0 Å². The SMILES string of the molecule is CC[C@H]1c2ccsc2CCN1CC(=O)N[C@@H](C)c1ccccc1. The number of fused-ring (bicyclic) bond motifs is 1. The number of nitrogens with one attached hydrogen (secondary N) is 1. The Kier molecular flexibility index (Phi) is 5.13. The molecule has 1 amide bonds. The standard InChI is InChI=1S/C19H24N2OS/c1-3-17-16-10-12-23-18(16)9-11-21(17)13-19(22)20-14(2)15-7-5-4-6-8-15/h4-8,10,12,14,17H,3,9,11,13H2,1-2H3,(H,20,22)/t14-,17-/m0/s1. The Hall–Kier alpha value is -1.65. The molecule has 0 radical (unpaired) electrons. The molecular weight excluding hydrogens is 304 g/mol. The zero-order chi connectivity index (χ0) is 16.2. The number of hydrogen-bond acceptors (Lipinski definition) is 3. The molecule has 1 aliphatic rings. The van der Waals surface area contributed by atoms with E-state index in [-0.39, 0.29) is 11.9 Å². The molecule has 0 spiro atoms. The van der Waals surface area contributed by atoms with E-state index in [9.17, 15) is 4.79 Å². The fourth-order valence-electron chi connectivity index (χ4n) is 3.41. The molecule has 1 aliphatic heterocycles. The van der Waals surface area contributed by atoms with Gasteiger partial charge in [-0.25, -0.2) is 0 Å². The van der Waals surface area contributed by atoms with E-state index in [2.05, 4.69) is 40.7 Å². The van der Waals surface area contributed by atoms with Crippen molar-refractivity contribution in [2.24, 2.45) is 0 Å². The van der Waals surface area contributed by atoms with Crippen molar-refractivity contribution in [3.8, 4) is 0 Å². The van der Waals surface area contributed by atoms with E-state index in [0.717, 1.165) is 24.9 Å². The number of amides is 1. The summed E-state index contributed by atoms with van der Waals surface area (Å²) in [6, 6.07) is 12.8. The Balaban J connectivity index is 1.62. The van der Waals surface area contributed by atoms with Gasteiger partial charge in [0.1, 0.15) is 0 Å². The summed E-state index contributed by atoms with van der Waals surface area (Å²) in [6.45, 7) is 5.69. The van der Waals surface area contributed by atoms with Crippen molar-refractivity contribution in [1.29, 1.82) is 0 Å². The maximum atomic E-state index is 12.5. The van der Waals surface area contributed by atoms with Gasteiger partial charge < -0.3 is 5.32 Å². The summed E-state index contributed by atoms with van der Waals surface area (Å²) in [5.41, 5.74) is 2.57. The van der Waals surface area contributed by atoms with Crippen molar-refractivity contribution in [3.63, 3.8) is 0 Å². The van der Waals surface area contributed by atoms with Crippen LogP contribution in [0.25, 0.3) is 0 Å². The molecule has 2 aromatic rings. The van der Waals surface area contributed by atoms with E-state index in [1.165, 1.54) is 10.4 Å². The number of carbonyl (C=O) groups excluding carboxylic acids is 1. The van der Waals surface area contributed by atoms with Crippen LogP contribution in [0.15, 0.2) is 41.8 Å². The van der Waals surface area contributed by atoms with Gasteiger partial charge in [-0.15, -0.1) is 11.3 Å². The molecule has 2 atom stereocenters. The Labute approximate surface area is 142 Å². The lowest BCUT2D eigenvalue weighted by atomic mass is 9.98. The number of rotatable bonds is 5. The van der Waals surface area contributed by atoms with Crippen LogP contribution in [0.1, 0.15) is 48.4 Å². The summed E-state index contributed by atoms with van der Waals surface area (Å²) in [7, 11) is 0. The second-order valence-electron chi connectivity index (χ2n) is 6.14. The molecule has 122 valence electrons. The summed E-state index contributed by atoms with van der Waals surface area (Å²) in [4.78, 5) is 16.3. The summed E-state index contributed by atoms with van der Waals surface area (Å²) < 4.78 is 0. The molecule has 0 unspecified atom stereocenters. The highest BCUT2D eigenvalue weighted by Gasteiger charge is 2.28. The number of hydrogen-bond donors (Lipinski definition) is 1. The third-order valence-corrected chi connectivity index (χ3v) is 5.61. The molecule has 0 aliphatic carbocycles. The van der Waals surface area contributed by atoms with Gasteiger partial charge in [0.25, 0.3) is 0 Å². The van der Waals surface area contributed by atoms with Gasteiger partial charge in [0.2, 0.25) is 5.91 Å². The van der Waals surface area contributed by atoms with Gasteiger partial charge in [0, 0.05) is 17.5 Å². The van der Waals surface area contributed by atoms with Gasteiger partial charge in [-0.05, 0) is 42.3 Å². The number of nitrogens with zero attached hydrogens (tertiary/aromatic N) is 1. The highest BCUT2D eigenvalue weighted by molar-refractivity contribution is 7.10. The molecule has 0 saturated carbocycles. The largest absolute Gasteiger partial charge is 0.348 e. The second-order valence-corrected chi connectivity index (χ2v) is 7.14. The Morgan fingerprint density at radius 3 is 2.87 bits per heavy atom. The van der Waals surface area contributed by atoms with Gasteiger partial charge in [-0.3, -0.25) is 9.69 Å². The Morgan fingerprint density at radius 2 is 2.13 bits per heavy atom. The minimum absolute atomic E-state index is 0.0466. The molecule has 0 saturated heterocycles. The van der Waals surface area contributed by atoms with E-state index >= 15 is 0 Å². The summed E-state index contributed by atoms with van der Waals surface area (Å²) in [6.07, 6.45) is 2.11. The normalized spacial score (nSPS) is 19.1. The van der Waals surface area contributed by atoms with Crippen molar-refractivity contribution in [2.75, 3.05) is 13.1 Å². The van der Waals surface area contributed by atoms with E-state index in [0.29, 0.717) is 12.6 Å². The highest BCUT2D eigenvalue weighted by atomic mass is 32.1. The first-order valence-electron chi connectivity index (χ1n) is 8.33. The first-order chi connectivity index (χ1) is 11.2. The van der Waals surface area contributed by atoms with E-state index in [1.807, 2.05) is 36.5 Å². The topological polar surface area (TPSA) is 32.3 Å². The number of carbonyl (C=O) groups is 1. The van der Waals surface area contributed by atoms with Crippen LogP contribution in [-0.4, -0.2) is 23.9 Å². The zero-order valence-electron chi connectivity index (χ0n) is 13.8. The van der Waals surface area contributed by atoms with Gasteiger partial charge in [-0.2, -0.15) is 0 Å². The zero-order valence-corrected chi connectivity index (χ0v) is 14.6. The molecule has 3 rings (SSSR count). The smallest absolute Gasteiger partial charge is 0.234 e. The van der Waals surface area contributed by atoms with E-state index in [4.69, 9.17) is 0 Å². The minimum Gasteiger partial charge on any atom is -0.348 e. The number of thiophene rings is 1. The van der Waals surface area contributed by atoms with Crippen LogP contribution in [0.2, 0.25) is 0 Å². The summed E-state index contributed by atoms with van der Waals surface area (Å²) >= 11 is 1.85. The molecule has 3 nitrogen and oxygen atoms in total. The predicted molar refractivity (Wildman–Crippen MR) is 95.6 cm³/mol. The first-order valence-corrected chi connectivity index (χ1v) is 9.21. The highest BCUT2D eigenvalue weighted by Crippen LogP contribution is 2.34. The van der Waals surface area contributed by atoms with Crippen molar-refractivity contribution in [1.82, 2.24) is 10.2 Å². The minimum atomic E-state index is 0.0466. The summed E-state index contributed by atoms with van der Waals surface area (Å²) in [5.74, 6) is 0.110. The second kappa shape index (κ2) is 7.28. The molecule has 2 heterocycles.